The van der Waals surface area contributed by atoms with Gasteiger partial charge in [-0.05, 0) is 18.6 Å². The number of nitrogens with one attached hydrogen (secondary N) is 1. The molecule has 0 bridgehead atoms. The average molecular weight is 327 g/mol. The van der Waals surface area contributed by atoms with Gasteiger partial charge in [0.05, 0.1) is 4.88 Å². The van der Waals surface area contributed by atoms with E-state index in [2.05, 4.69) is 17.2 Å². The van der Waals surface area contributed by atoms with Crippen molar-refractivity contribution in [2.45, 2.75) is 20.0 Å². The van der Waals surface area contributed by atoms with E-state index in [0.717, 1.165) is 11.1 Å². The summed E-state index contributed by atoms with van der Waals surface area (Å²) in [5.41, 5.74) is 1.77. The van der Waals surface area contributed by atoms with E-state index in [4.69, 9.17) is 4.74 Å². The van der Waals surface area contributed by atoms with Crippen molar-refractivity contribution < 1.29 is 14.3 Å². The van der Waals surface area contributed by atoms with Crippen LogP contribution in [0.4, 0.5) is 4.79 Å². The first-order valence-electron chi connectivity index (χ1n) is 7.18. The highest BCUT2D eigenvalue weighted by atomic mass is 32.1. The zero-order valence-corrected chi connectivity index (χ0v) is 13.6. The quantitative estimate of drug-likeness (QED) is 0.518. The van der Waals surface area contributed by atoms with Gasteiger partial charge < -0.3 is 10.1 Å². The zero-order chi connectivity index (χ0) is 16.5. The summed E-state index contributed by atoms with van der Waals surface area (Å²) in [7, 11) is 0. The van der Waals surface area contributed by atoms with Crippen LogP contribution in [-0.4, -0.2) is 18.4 Å². The lowest BCUT2D eigenvalue weighted by Crippen LogP contribution is -2.24. The maximum absolute atomic E-state index is 11.5. The number of amides is 1. The summed E-state index contributed by atoms with van der Waals surface area (Å²) < 4.78 is 5.09. The van der Waals surface area contributed by atoms with Crippen molar-refractivity contribution in [2.75, 3.05) is 6.54 Å². The molecule has 1 aromatic heterocycles. The maximum Gasteiger partial charge on any atom is 0.407 e. The van der Waals surface area contributed by atoms with Gasteiger partial charge in [0.25, 0.3) is 0 Å². The molecule has 0 saturated heterocycles. The molecule has 4 nitrogen and oxygen atoms in total. The van der Waals surface area contributed by atoms with E-state index in [-0.39, 0.29) is 12.4 Å². The molecule has 0 radical (unpaired) electrons. The number of carbonyl (C=O) groups excluding carboxylic acids is 2. The molecule has 1 aromatic carbocycles. The molecular weight excluding hydrogens is 310 g/mol. The van der Waals surface area contributed by atoms with Crippen molar-refractivity contribution in [1.82, 2.24) is 5.32 Å². The molecule has 1 N–H and O–H groups in total. The van der Waals surface area contributed by atoms with Crippen molar-refractivity contribution >= 4 is 23.2 Å². The third-order valence-corrected chi connectivity index (χ3v) is 3.94. The molecule has 0 aliphatic rings. The summed E-state index contributed by atoms with van der Waals surface area (Å²) in [6, 6.07) is 11.3. The van der Waals surface area contributed by atoms with E-state index in [1.807, 2.05) is 35.7 Å². The van der Waals surface area contributed by atoms with Gasteiger partial charge in [0, 0.05) is 23.9 Å². The Hall–Kier alpha value is -2.58. The van der Waals surface area contributed by atoms with Gasteiger partial charge in [0.1, 0.15) is 6.61 Å². The highest BCUT2D eigenvalue weighted by Gasteiger charge is 2.02. The number of alkyl carbamates (subject to hydrolysis) is 1. The van der Waals surface area contributed by atoms with Crippen LogP contribution in [0.3, 0.4) is 0 Å². The van der Waals surface area contributed by atoms with Gasteiger partial charge in [-0.1, -0.05) is 42.2 Å². The number of carbonyl (C=O) groups is 2. The molecule has 0 aliphatic heterocycles. The second-order valence-corrected chi connectivity index (χ2v) is 5.71. The monoisotopic (exact) mass is 327 g/mol. The molecule has 0 unspecified atom stereocenters. The van der Waals surface area contributed by atoms with Crippen molar-refractivity contribution in [2.24, 2.45) is 0 Å². The number of hydrogen-bond acceptors (Lipinski definition) is 4. The Morgan fingerprint density at radius 1 is 1.26 bits per heavy atom. The maximum atomic E-state index is 11.5. The number of ether oxygens (including phenoxy) is 1. The standard InChI is InChI=1S/C18H17NO3S/c1-14(20)17-11-16(13-23-17)9-5-6-10-19-18(21)22-12-15-7-3-2-4-8-15/h2-4,7-8,11,13H,6,10,12H2,1H3,(H,19,21). The van der Waals surface area contributed by atoms with Gasteiger partial charge in [-0.3, -0.25) is 4.79 Å². The van der Waals surface area contributed by atoms with Crippen molar-refractivity contribution in [3.63, 3.8) is 0 Å². The first-order chi connectivity index (χ1) is 11.1. The Bertz CT molecular complexity index is 725. The lowest BCUT2D eigenvalue weighted by Gasteiger charge is -2.05. The summed E-state index contributed by atoms with van der Waals surface area (Å²) in [5.74, 6) is 5.97. The first-order valence-corrected chi connectivity index (χ1v) is 8.06. The molecule has 1 amide bonds. The van der Waals surface area contributed by atoms with E-state index in [1.54, 1.807) is 6.07 Å². The Labute approximate surface area is 139 Å². The number of thiophene rings is 1. The lowest BCUT2D eigenvalue weighted by molar-refractivity contribution is 0.102. The molecular formula is C18H17NO3S. The topological polar surface area (TPSA) is 55.4 Å². The van der Waals surface area contributed by atoms with Crippen LogP contribution in [0.1, 0.15) is 34.1 Å². The third-order valence-electron chi connectivity index (χ3n) is 2.91. The van der Waals surface area contributed by atoms with Gasteiger partial charge in [-0.15, -0.1) is 11.3 Å². The van der Waals surface area contributed by atoms with Crippen LogP contribution >= 0.6 is 11.3 Å². The molecule has 5 heteroatoms. The molecule has 0 fully saturated rings. The highest BCUT2D eigenvalue weighted by Crippen LogP contribution is 2.14. The van der Waals surface area contributed by atoms with E-state index in [1.165, 1.54) is 18.3 Å². The Kier molecular flexibility index (Phi) is 6.40. The third kappa shape index (κ3) is 5.97. The summed E-state index contributed by atoms with van der Waals surface area (Å²) in [4.78, 5) is 23.4. The molecule has 2 rings (SSSR count). The first kappa shape index (κ1) is 16.8. The SMILES string of the molecule is CC(=O)c1cc(C#CCCNC(=O)OCc2ccccc2)cs1. The fourth-order valence-electron chi connectivity index (χ4n) is 1.75. The van der Waals surface area contributed by atoms with E-state index in [0.29, 0.717) is 17.8 Å². The predicted molar refractivity (Wildman–Crippen MR) is 90.4 cm³/mol. The smallest absolute Gasteiger partial charge is 0.407 e. The van der Waals surface area contributed by atoms with Crippen LogP contribution in [0, 0.1) is 11.8 Å². The van der Waals surface area contributed by atoms with E-state index >= 15 is 0 Å². The van der Waals surface area contributed by atoms with Crippen LogP contribution in [0.5, 0.6) is 0 Å². The van der Waals surface area contributed by atoms with Gasteiger partial charge in [0.15, 0.2) is 5.78 Å². The Morgan fingerprint density at radius 3 is 2.74 bits per heavy atom. The van der Waals surface area contributed by atoms with Gasteiger partial charge in [0.2, 0.25) is 0 Å². The highest BCUT2D eigenvalue weighted by molar-refractivity contribution is 7.12. The lowest BCUT2D eigenvalue weighted by atomic mass is 10.2. The number of ketones is 1. The van der Waals surface area contributed by atoms with Gasteiger partial charge in [-0.2, -0.15) is 0 Å². The normalized spacial score (nSPS) is 9.61. The number of hydrogen-bond donors (Lipinski definition) is 1. The number of rotatable bonds is 5. The molecule has 118 valence electrons. The minimum Gasteiger partial charge on any atom is -0.445 e. The van der Waals surface area contributed by atoms with Gasteiger partial charge in [-0.25, -0.2) is 4.79 Å². The van der Waals surface area contributed by atoms with Gasteiger partial charge >= 0.3 is 6.09 Å². The summed E-state index contributed by atoms with van der Waals surface area (Å²) in [6.45, 7) is 2.21. The summed E-state index contributed by atoms with van der Waals surface area (Å²) >= 11 is 1.39. The largest absolute Gasteiger partial charge is 0.445 e. The van der Waals surface area contributed by atoms with E-state index in [9.17, 15) is 9.59 Å². The fourth-order valence-corrected chi connectivity index (χ4v) is 2.49. The van der Waals surface area contributed by atoms with Crippen LogP contribution in [0.15, 0.2) is 41.8 Å². The molecule has 2 aromatic rings. The minimum absolute atomic E-state index is 0.0471. The molecule has 23 heavy (non-hydrogen) atoms. The number of benzene rings is 1. The van der Waals surface area contributed by atoms with Crippen LogP contribution in [0.2, 0.25) is 0 Å². The summed E-state index contributed by atoms with van der Waals surface area (Å²) in [6.07, 6.45) is 0.0659. The van der Waals surface area contributed by atoms with E-state index < -0.39 is 6.09 Å². The second kappa shape index (κ2) is 8.76. The zero-order valence-electron chi connectivity index (χ0n) is 12.8. The minimum atomic E-state index is -0.454. The molecule has 0 saturated carbocycles. The molecule has 0 aliphatic carbocycles. The van der Waals surface area contributed by atoms with Crippen LogP contribution in [-0.2, 0) is 11.3 Å². The molecule has 0 atom stereocenters. The number of Topliss-reactive ketones (excluding diaryl/α,β-unsaturated/α-hetero) is 1. The fraction of sp³-hybridized carbons (Fsp3) is 0.222. The Balaban J connectivity index is 1.66. The predicted octanol–water partition coefficient (Wildman–Crippen LogP) is 3.62. The van der Waals surface area contributed by atoms with Crippen molar-refractivity contribution in [3.05, 3.63) is 57.8 Å². The summed E-state index contributed by atoms with van der Waals surface area (Å²) in [5, 5.41) is 4.50. The second-order valence-electron chi connectivity index (χ2n) is 4.80. The van der Waals surface area contributed by atoms with Crippen LogP contribution < -0.4 is 5.32 Å². The molecule has 0 spiro atoms. The van der Waals surface area contributed by atoms with Crippen LogP contribution in [0.25, 0.3) is 0 Å². The van der Waals surface area contributed by atoms with Crippen molar-refractivity contribution in [1.29, 1.82) is 0 Å². The van der Waals surface area contributed by atoms with Crippen molar-refractivity contribution in [3.8, 4) is 11.8 Å². The molecule has 1 heterocycles. The average Bonchev–Trinajstić information content (AvgIpc) is 3.03. The Morgan fingerprint density at radius 2 is 2.04 bits per heavy atom.